The number of esters is 2. The third-order valence-electron chi connectivity index (χ3n) is 8.73. The van der Waals surface area contributed by atoms with Crippen molar-refractivity contribution < 1.29 is 42.9 Å². The van der Waals surface area contributed by atoms with Crippen molar-refractivity contribution >= 4 is 23.8 Å². The number of likely N-dealkylation sites (tertiary alicyclic amines) is 1. The van der Waals surface area contributed by atoms with E-state index in [1.54, 1.807) is 37.3 Å². The van der Waals surface area contributed by atoms with Crippen LogP contribution in [0.25, 0.3) is 0 Å². The molecule has 2 aliphatic heterocycles. The van der Waals surface area contributed by atoms with Crippen molar-refractivity contribution in [2.24, 2.45) is 23.7 Å². The predicted molar refractivity (Wildman–Crippen MR) is 151 cm³/mol. The van der Waals surface area contributed by atoms with E-state index < -0.39 is 42.6 Å². The van der Waals surface area contributed by atoms with Crippen LogP contribution in [-0.4, -0.2) is 72.5 Å². The Hall–Kier alpha value is -3.86. The summed E-state index contributed by atoms with van der Waals surface area (Å²) in [4.78, 5) is 52.8. The summed E-state index contributed by atoms with van der Waals surface area (Å²) in [5, 5.41) is 0. The molecule has 0 radical (unpaired) electrons. The van der Waals surface area contributed by atoms with E-state index in [4.69, 9.17) is 23.7 Å². The van der Waals surface area contributed by atoms with Gasteiger partial charge >= 0.3 is 11.9 Å². The first kappa shape index (κ1) is 29.2. The van der Waals surface area contributed by atoms with Crippen LogP contribution in [0.5, 0.6) is 0 Å². The predicted octanol–water partition coefficient (Wildman–Crippen LogP) is 3.30. The summed E-state index contributed by atoms with van der Waals surface area (Å²) in [5.41, 5.74) is 1.20. The van der Waals surface area contributed by atoms with E-state index in [1.165, 1.54) is 11.8 Å². The average molecular weight is 590 g/mol. The minimum atomic E-state index is -1.06. The molecule has 3 fully saturated rings. The molecule has 2 amide bonds. The van der Waals surface area contributed by atoms with Crippen LogP contribution in [0.4, 0.5) is 0 Å². The van der Waals surface area contributed by atoms with Gasteiger partial charge in [-0.1, -0.05) is 60.7 Å². The van der Waals surface area contributed by atoms with Crippen molar-refractivity contribution in [3.8, 4) is 0 Å². The molecule has 6 rings (SSSR count). The van der Waals surface area contributed by atoms with Gasteiger partial charge in [0.1, 0.15) is 6.10 Å². The van der Waals surface area contributed by atoms with E-state index in [1.807, 2.05) is 30.3 Å². The number of allylic oxidation sites excluding steroid dienone is 2. The lowest BCUT2D eigenvalue weighted by molar-refractivity contribution is -0.306. The highest BCUT2D eigenvalue weighted by atomic mass is 16.7. The Kier molecular flexibility index (Phi) is 8.43. The second-order valence-corrected chi connectivity index (χ2v) is 11.5. The van der Waals surface area contributed by atoms with Gasteiger partial charge in [-0.2, -0.15) is 0 Å². The number of imide groups is 1. The van der Waals surface area contributed by atoms with Crippen LogP contribution in [0.2, 0.25) is 0 Å². The number of benzene rings is 2. The van der Waals surface area contributed by atoms with Crippen molar-refractivity contribution in [1.82, 2.24) is 4.90 Å². The maximum absolute atomic E-state index is 13.1. The lowest BCUT2D eigenvalue weighted by Crippen LogP contribution is -2.61. The standard InChI is InChI=1S/C33H35NO9/c1-19-27(43-32(38)22-11-7-4-8-12-22)28(42-20(2)35)29(40-18-21-9-5-3-6-10-21)33(41-19)39-16-15-34-30(36)25-23-13-14-24(17-23)26(25)31(34)37/h3-14,19,23-29,33H,15-18H2,1-2H3/t19?,23?,24?,25?,26?,27-,28?,29?,33-/m1/s1. The molecule has 4 aliphatic rings. The second kappa shape index (κ2) is 12.4. The second-order valence-electron chi connectivity index (χ2n) is 11.5. The van der Waals surface area contributed by atoms with Crippen LogP contribution < -0.4 is 0 Å². The molecule has 7 unspecified atom stereocenters. The van der Waals surface area contributed by atoms with Crippen molar-refractivity contribution in [3.63, 3.8) is 0 Å². The van der Waals surface area contributed by atoms with E-state index >= 15 is 0 Å². The van der Waals surface area contributed by atoms with Crippen molar-refractivity contribution in [2.45, 2.75) is 57.6 Å². The SMILES string of the molecule is CC(=O)OC1C(OCc2ccccc2)[C@H](OCCN2C(=O)C3C4C=CC(C4)C3C2=O)OC(C)[C@H]1OC(=O)c1ccccc1. The molecule has 0 spiro atoms. The molecule has 9 atom stereocenters. The largest absolute Gasteiger partial charge is 0.455 e. The van der Waals surface area contributed by atoms with Crippen LogP contribution in [0, 0.1) is 23.7 Å². The number of carbonyl (C=O) groups excluding carboxylic acids is 4. The Morgan fingerprint density at radius 2 is 1.47 bits per heavy atom. The molecular weight excluding hydrogens is 554 g/mol. The van der Waals surface area contributed by atoms with Crippen LogP contribution in [0.15, 0.2) is 72.8 Å². The Bertz CT molecular complexity index is 1350. The summed E-state index contributed by atoms with van der Waals surface area (Å²) < 4.78 is 30.1. The molecule has 10 nitrogen and oxygen atoms in total. The number of carbonyl (C=O) groups is 4. The van der Waals surface area contributed by atoms with Gasteiger partial charge < -0.3 is 23.7 Å². The molecule has 1 saturated carbocycles. The van der Waals surface area contributed by atoms with Gasteiger partial charge in [-0.3, -0.25) is 19.3 Å². The Morgan fingerprint density at radius 3 is 2.09 bits per heavy atom. The average Bonchev–Trinajstić information content (AvgIpc) is 3.69. The van der Waals surface area contributed by atoms with Crippen molar-refractivity contribution in [3.05, 3.63) is 83.9 Å². The Balaban J connectivity index is 1.18. The molecule has 226 valence electrons. The fourth-order valence-electron chi connectivity index (χ4n) is 6.75. The number of amides is 2. The minimum absolute atomic E-state index is 0.0104. The first-order chi connectivity index (χ1) is 20.8. The zero-order valence-corrected chi connectivity index (χ0v) is 24.1. The summed E-state index contributed by atoms with van der Waals surface area (Å²) in [6.07, 6.45) is 0.143. The van der Waals surface area contributed by atoms with Crippen molar-refractivity contribution in [1.29, 1.82) is 0 Å². The van der Waals surface area contributed by atoms with Gasteiger partial charge in [0.15, 0.2) is 18.5 Å². The number of hydrogen-bond donors (Lipinski definition) is 0. The van der Waals surface area contributed by atoms with Gasteiger partial charge in [0.25, 0.3) is 0 Å². The number of hydrogen-bond acceptors (Lipinski definition) is 9. The van der Waals surface area contributed by atoms with Crippen LogP contribution in [-0.2, 0) is 44.7 Å². The highest BCUT2D eigenvalue weighted by Crippen LogP contribution is 2.52. The topological polar surface area (TPSA) is 118 Å². The Morgan fingerprint density at radius 1 is 0.837 bits per heavy atom. The molecule has 2 saturated heterocycles. The van der Waals surface area contributed by atoms with Gasteiger partial charge in [0, 0.05) is 6.92 Å². The maximum Gasteiger partial charge on any atom is 0.338 e. The van der Waals surface area contributed by atoms with E-state index in [9.17, 15) is 19.2 Å². The summed E-state index contributed by atoms with van der Waals surface area (Å²) in [6, 6.07) is 17.9. The first-order valence-electron chi connectivity index (χ1n) is 14.7. The fourth-order valence-corrected chi connectivity index (χ4v) is 6.75. The van der Waals surface area contributed by atoms with Crippen LogP contribution >= 0.6 is 0 Å². The smallest absolute Gasteiger partial charge is 0.338 e. The molecule has 2 aromatic carbocycles. The monoisotopic (exact) mass is 589 g/mol. The van der Waals surface area contributed by atoms with Crippen LogP contribution in [0.1, 0.15) is 36.2 Å². The normalized spacial score (nSPS) is 32.6. The molecule has 43 heavy (non-hydrogen) atoms. The molecule has 2 heterocycles. The van der Waals surface area contributed by atoms with Gasteiger partial charge in [0.05, 0.1) is 43.3 Å². The maximum atomic E-state index is 13.1. The number of ether oxygens (including phenoxy) is 5. The van der Waals surface area contributed by atoms with Gasteiger partial charge in [0.2, 0.25) is 11.8 Å². The third-order valence-corrected chi connectivity index (χ3v) is 8.73. The van der Waals surface area contributed by atoms with Gasteiger partial charge in [-0.05, 0) is 42.9 Å². The summed E-state index contributed by atoms with van der Waals surface area (Å²) in [5.74, 6) is -1.83. The van der Waals surface area contributed by atoms with E-state index in [2.05, 4.69) is 12.2 Å². The fraction of sp³-hybridized carbons (Fsp3) is 0.455. The quantitative estimate of drug-likeness (QED) is 0.234. The molecule has 10 heteroatoms. The summed E-state index contributed by atoms with van der Waals surface area (Å²) in [7, 11) is 0. The summed E-state index contributed by atoms with van der Waals surface area (Å²) in [6.45, 7) is 3.16. The molecule has 2 aromatic rings. The van der Waals surface area contributed by atoms with E-state index in [0.717, 1.165) is 12.0 Å². The summed E-state index contributed by atoms with van der Waals surface area (Å²) >= 11 is 0. The molecule has 2 bridgehead atoms. The number of rotatable bonds is 10. The first-order valence-corrected chi connectivity index (χ1v) is 14.7. The minimum Gasteiger partial charge on any atom is -0.455 e. The molecule has 0 aromatic heterocycles. The highest BCUT2D eigenvalue weighted by molar-refractivity contribution is 6.06. The van der Waals surface area contributed by atoms with Gasteiger partial charge in [-0.25, -0.2) is 4.79 Å². The highest BCUT2D eigenvalue weighted by Gasteiger charge is 2.59. The number of fused-ring (bicyclic) bond motifs is 5. The lowest BCUT2D eigenvalue weighted by Gasteiger charge is -2.44. The zero-order chi connectivity index (χ0) is 30.1. The van der Waals surface area contributed by atoms with Crippen molar-refractivity contribution in [2.75, 3.05) is 13.2 Å². The van der Waals surface area contributed by atoms with E-state index in [-0.39, 0.29) is 55.2 Å². The Labute approximate surface area is 249 Å². The lowest BCUT2D eigenvalue weighted by atomic mass is 9.85. The zero-order valence-electron chi connectivity index (χ0n) is 24.1. The number of nitrogens with zero attached hydrogens (tertiary/aromatic N) is 1. The van der Waals surface area contributed by atoms with E-state index in [0.29, 0.717) is 5.56 Å². The molecule has 2 aliphatic carbocycles. The third kappa shape index (κ3) is 5.87. The molecule has 0 N–H and O–H groups in total. The van der Waals surface area contributed by atoms with Gasteiger partial charge in [-0.15, -0.1) is 0 Å². The molecular formula is C33H35NO9. The van der Waals surface area contributed by atoms with Crippen LogP contribution in [0.3, 0.4) is 0 Å².